The fourth-order valence-electron chi connectivity index (χ4n) is 2.71. The van der Waals surface area contributed by atoms with Crippen LogP contribution in [0.25, 0.3) is 5.65 Å². The number of rotatable bonds is 4. The van der Waals surface area contributed by atoms with E-state index in [-0.39, 0.29) is 6.10 Å². The zero-order valence-electron chi connectivity index (χ0n) is 11.9. The molecular formula is C15H16N6O. The minimum Gasteiger partial charge on any atom is -0.393 e. The van der Waals surface area contributed by atoms with Gasteiger partial charge >= 0.3 is 0 Å². The van der Waals surface area contributed by atoms with Crippen molar-refractivity contribution < 1.29 is 5.11 Å². The summed E-state index contributed by atoms with van der Waals surface area (Å²) in [5.74, 6) is 1.12. The van der Waals surface area contributed by atoms with Crippen molar-refractivity contribution >= 4 is 11.5 Å². The van der Waals surface area contributed by atoms with Crippen LogP contribution in [0.2, 0.25) is 0 Å². The average Bonchev–Trinajstić information content (AvgIpc) is 2.93. The first kappa shape index (κ1) is 13.1. The lowest BCUT2D eigenvalue weighted by Gasteiger charge is -2.30. The van der Waals surface area contributed by atoms with Crippen molar-refractivity contribution in [2.45, 2.75) is 31.4 Å². The highest BCUT2D eigenvalue weighted by atomic mass is 16.3. The van der Waals surface area contributed by atoms with Crippen molar-refractivity contribution in [2.75, 3.05) is 5.32 Å². The molecule has 0 amide bonds. The summed E-state index contributed by atoms with van der Waals surface area (Å²) < 4.78 is 1.75. The maximum Gasteiger partial charge on any atom is 0.159 e. The number of nitrogens with zero attached hydrogens (tertiary/aromatic N) is 5. The molecule has 0 radical (unpaired) electrons. The van der Waals surface area contributed by atoms with E-state index in [9.17, 15) is 5.11 Å². The first-order valence-electron chi connectivity index (χ1n) is 7.31. The maximum absolute atomic E-state index is 9.40. The molecule has 0 atom stereocenters. The number of fused-ring (bicyclic) bond motifs is 1. The van der Waals surface area contributed by atoms with Gasteiger partial charge in [0.2, 0.25) is 0 Å². The van der Waals surface area contributed by atoms with E-state index in [1.807, 2.05) is 18.3 Å². The highest BCUT2D eigenvalue weighted by Crippen LogP contribution is 2.35. The monoisotopic (exact) mass is 296 g/mol. The second-order valence-electron chi connectivity index (χ2n) is 5.56. The molecule has 0 aromatic carbocycles. The first-order chi connectivity index (χ1) is 10.8. The lowest BCUT2D eigenvalue weighted by molar-refractivity contribution is 0.0732. The molecular weight excluding hydrogens is 280 g/mol. The van der Waals surface area contributed by atoms with Crippen molar-refractivity contribution in [3.05, 3.63) is 48.3 Å². The Bertz CT molecular complexity index is 795. The van der Waals surface area contributed by atoms with Crippen LogP contribution in [-0.4, -0.2) is 35.8 Å². The van der Waals surface area contributed by atoms with Crippen molar-refractivity contribution in [1.29, 1.82) is 0 Å². The fraction of sp³-hybridized carbons (Fsp3) is 0.333. The topological polar surface area (TPSA) is 88.2 Å². The average molecular weight is 296 g/mol. The Labute approximate surface area is 127 Å². The molecule has 0 aliphatic heterocycles. The van der Waals surface area contributed by atoms with Gasteiger partial charge in [0.05, 0.1) is 12.3 Å². The zero-order valence-corrected chi connectivity index (χ0v) is 11.9. The van der Waals surface area contributed by atoms with E-state index in [1.54, 1.807) is 23.2 Å². The number of nitrogens with one attached hydrogen (secondary N) is 1. The number of aliphatic hydroxyl groups is 1. The summed E-state index contributed by atoms with van der Waals surface area (Å²) >= 11 is 0. The molecule has 1 fully saturated rings. The molecule has 0 unspecified atom stereocenters. The predicted molar refractivity (Wildman–Crippen MR) is 80.3 cm³/mol. The van der Waals surface area contributed by atoms with Crippen LogP contribution in [0.1, 0.15) is 30.0 Å². The van der Waals surface area contributed by atoms with Gasteiger partial charge in [-0.2, -0.15) is 5.10 Å². The van der Waals surface area contributed by atoms with E-state index in [2.05, 4.69) is 25.4 Å². The Hall–Kier alpha value is -2.54. The van der Waals surface area contributed by atoms with Gasteiger partial charge in [-0.05, 0) is 18.9 Å². The smallest absolute Gasteiger partial charge is 0.159 e. The number of aromatic nitrogens is 5. The van der Waals surface area contributed by atoms with Gasteiger partial charge in [-0.25, -0.2) is 19.5 Å². The van der Waals surface area contributed by atoms with Crippen molar-refractivity contribution in [3.63, 3.8) is 0 Å². The van der Waals surface area contributed by atoms with Crippen LogP contribution >= 0.6 is 0 Å². The first-order valence-corrected chi connectivity index (χ1v) is 7.31. The Kier molecular flexibility index (Phi) is 3.19. The number of aliphatic hydroxyl groups excluding tert-OH is 1. The summed E-state index contributed by atoms with van der Waals surface area (Å²) in [5, 5.41) is 17.0. The fourth-order valence-corrected chi connectivity index (χ4v) is 2.71. The third-order valence-corrected chi connectivity index (χ3v) is 4.03. The molecule has 7 heteroatoms. The molecule has 0 bridgehead atoms. The molecule has 3 heterocycles. The second-order valence-corrected chi connectivity index (χ2v) is 5.56. The van der Waals surface area contributed by atoms with E-state index >= 15 is 0 Å². The molecule has 0 spiro atoms. The van der Waals surface area contributed by atoms with E-state index in [4.69, 9.17) is 0 Å². The Morgan fingerprint density at radius 2 is 2.18 bits per heavy atom. The van der Waals surface area contributed by atoms with Gasteiger partial charge in [0, 0.05) is 42.2 Å². The number of anilines is 1. The third-order valence-electron chi connectivity index (χ3n) is 4.03. The van der Waals surface area contributed by atoms with Crippen LogP contribution in [0.15, 0.2) is 37.1 Å². The summed E-state index contributed by atoms with van der Waals surface area (Å²) in [4.78, 5) is 12.9. The Morgan fingerprint density at radius 3 is 3.05 bits per heavy atom. The summed E-state index contributed by atoms with van der Waals surface area (Å²) in [5.41, 5.74) is 2.84. The molecule has 3 aromatic rings. The Morgan fingerprint density at radius 1 is 1.27 bits per heavy atom. The number of hydrogen-bond acceptors (Lipinski definition) is 6. The molecule has 0 saturated heterocycles. The maximum atomic E-state index is 9.40. The molecule has 1 aliphatic rings. The van der Waals surface area contributed by atoms with Crippen molar-refractivity contribution in [3.8, 4) is 0 Å². The molecule has 7 nitrogen and oxygen atoms in total. The van der Waals surface area contributed by atoms with Gasteiger partial charge in [0.25, 0.3) is 0 Å². The minimum atomic E-state index is -0.179. The minimum absolute atomic E-state index is 0.179. The summed E-state index contributed by atoms with van der Waals surface area (Å²) in [6, 6.07) is 3.80. The normalized spacial score (nSPS) is 20.8. The van der Waals surface area contributed by atoms with E-state index in [0.717, 1.165) is 35.6 Å². The molecule has 112 valence electrons. The van der Waals surface area contributed by atoms with Crippen molar-refractivity contribution in [2.24, 2.45) is 0 Å². The largest absolute Gasteiger partial charge is 0.393 e. The quantitative estimate of drug-likeness (QED) is 0.756. The van der Waals surface area contributed by atoms with Crippen LogP contribution < -0.4 is 5.32 Å². The SMILES string of the molecule is OC1CC(c2cc(NCc3cnn4cccnc34)ncn2)C1. The van der Waals surface area contributed by atoms with Gasteiger partial charge in [0.15, 0.2) is 5.65 Å². The van der Waals surface area contributed by atoms with Gasteiger partial charge in [-0.15, -0.1) is 0 Å². The highest BCUT2D eigenvalue weighted by Gasteiger charge is 2.29. The van der Waals surface area contributed by atoms with Crippen LogP contribution in [0.3, 0.4) is 0 Å². The Balaban J connectivity index is 1.48. The lowest BCUT2D eigenvalue weighted by Crippen LogP contribution is -2.27. The van der Waals surface area contributed by atoms with Gasteiger partial charge in [-0.1, -0.05) is 0 Å². The standard InChI is InChI=1S/C15H16N6O/c22-12-4-10(5-12)13-6-14(19-9-18-13)17-7-11-8-20-21-3-1-2-16-15(11)21/h1-3,6,8-10,12,22H,4-5,7H2,(H,17,18,19). The molecule has 4 rings (SSSR count). The lowest BCUT2D eigenvalue weighted by atomic mass is 9.80. The van der Waals surface area contributed by atoms with Crippen LogP contribution in [0.4, 0.5) is 5.82 Å². The van der Waals surface area contributed by atoms with Gasteiger partial charge < -0.3 is 10.4 Å². The number of hydrogen-bond donors (Lipinski definition) is 2. The van der Waals surface area contributed by atoms with E-state index in [0.29, 0.717) is 12.5 Å². The summed E-state index contributed by atoms with van der Waals surface area (Å²) in [6.07, 6.45) is 8.39. The second kappa shape index (κ2) is 5.34. The summed E-state index contributed by atoms with van der Waals surface area (Å²) in [7, 11) is 0. The van der Waals surface area contributed by atoms with E-state index in [1.165, 1.54) is 0 Å². The van der Waals surface area contributed by atoms with Gasteiger partial charge in [-0.3, -0.25) is 0 Å². The summed E-state index contributed by atoms with van der Waals surface area (Å²) in [6.45, 7) is 0.601. The van der Waals surface area contributed by atoms with Crippen LogP contribution in [0.5, 0.6) is 0 Å². The molecule has 22 heavy (non-hydrogen) atoms. The van der Waals surface area contributed by atoms with Crippen LogP contribution in [0, 0.1) is 0 Å². The zero-order chi connectivity index (χ0) is 14.9. The molecule has 1 aliphatic carbocycles. The predicted octanol–water partition coefficient (Wildman–Crippen LogP) is 1.37. The van der Waals surface area contributed by atoms with Gasteiger partial charge in [0.1, 0.15) is 12.1 Å². The molecule has 2 N–H and O–H groups in total. The highest BCUT2D eigenvalue weighted by molar-refractivity contribution is 5.48. The third kappa shape index (κ3) is 2.39. The molecule has 3 aromatic heterocycles. The van der Waals surface area contributed by atoms with Crippen LogP contribution in [-0.2, 0) is 6.54 Å². The van der Waals surface area contributed by atoms with E-state index < -0.39 is 0 Å². The van der Waals surface area contributed by atoms with Crippen molar-refractivity contribution in [1.82, 2.24) is 24.6 Å². The molecule has 1 saturated carbocycles.